The summed E-state index contributed by atoms with van der Waals surface area (Å²) in [7, 11) is 1.86. The van der Waals surface area contributed by atoms with E-state index in [-0.39, 0.29) is 11.7 Å². The van der Waals surface area contributed by atoms with E-state index in [1.54, 1.807) is 42.6 Å². The van der Waals surface area contributed by atoms with Gasteiger partial charge in [0.2, 0.25) is 0 Å². The minimum Gasteiger partial charge on any atom is -0.494 e. The Morgan fingerprint density at radius 2 is 1.86 bits per heavy atom. The number of rotatable bonds is 9. The molecule has 0 aliphatic rings. The Morgan fingerprint density at radius 3 is 2.48 bits per heavy atom. The number of imidazole rings is 1. The number of amides is 1. The zero-order chi connectivity index (χ0) is 20.6. The molecule has 1 heterocycles. The van der Waals surface area contributed by atoms with Crippen LogP contribution in [0.15, 0.2) is 60.9 Å². The van der Waals surface area contributed by atoms with Crippen molar-refractivity contribution >= 4 is 5.91 Å². The quantitative estimate of drug-likeness (QED) is 0.537. The van der Waals surface area contributed by atoms with E-state index >= 15 is 0 Å². The molecule has 5 nitrogen and oxygen atoms in total. The van der Waals surface area contributed by atoms with Gasteiger partial charge in [0.25, 0.3) is 5.91 Å². The predicted molar refractivity (Wildman–Crippen MR) is 110 cm³/mol. The molecule has 1 unspecified atom stereocenters. The summed E-state index contributed by atoms with van der Waals surface area (Å²) in [6.45, 7) is 2.82. The number of aromatic nitrogens is 2. The average molecular weight is 395 g/mol. The molecule has 6 heteroatoms. The van der Waals surface area contributed by atoms with Crippen LogP contribution in [0.3, 0.4) is 0 Å². The molecule has 0 spiro atoms. The van der Waals surface area contributed by atoms with Gasteiger partial charge in [0, 0.05) is 25.0 Å². The lowest BCUT2D eigenvalue weighted by atomic mass is 10.1. The Balaban J connectivity index is 1.73. The maximum Gasteiger partial charge on any atom is 0.252 e. The predicted octanol–water partition coefficient (Wildman–Crippen LogP) is 4.65. The fourth-order valence-electron chi connectivity index (χ4n) is 3.07. The molecule has 1 N–H and O–H groups in total. The molecule has 0 aliphatic carbocycles. The SMILES string of the molecule is CCCCCOc1ccc(C(=O)NC(c2ccc(F)cc2)c2nccn2C)cc1. The van der Waals surface area contributed by atoms with Crippen LogP contribution in [-0.4, -0.2) is 22.1 Å². The number of unbranched alkanes of at least 4 members (excludes halogenated alkanes) is 2. The van der Waals surface area contributed by atoms with Crippen molar-refractivity contribution in [3.05, 3.63) is 83.7 Å². The van der Waals surface area contributed by atoms with E-state index in [9.17, 15) is 9.18 Å². The normalized spacial score (nSPS) is 11.8. The molecule has 1 aromatic heterocycles. The van der Waals surface area contributed by atoms with Gasteiger partial charge in [-0.15, -0.1) is 0 Å². The first-order valence-electron chi connectivity index (χ1n) is 9.85. The zero-order valence-corrected chi connectivity index (χ0v) is 16.8. The van der Waals surface area contributed by atoms with Gasteiger partial charge in [-0.3, -0.25) is 4.79 Å². The van der Waals surface area contributed by atoms with E-state index in [2.05, 4.69) is 17.2 Å². The van der Waals surface area contributed by atoms with Gasteiger partial charge in [0.1, 0.15) is 23.4 Å². The molecule has 0 saturated carbocycles. The number of hydrogen-bond acceptors (Lipinski definition) is 3. The van der Waals surface area contributed by atoms with Crippen molar-refractivity contribution in [1.82, 2.24) is 14.9 Å². The second-order valence-electron chi connectivity index (χ2n) is 6.93. The molecule has 0 fully saturated rings. The minimum absolute atomic E-state index is 0.236. The molecule has 2 aromatic carbocycles. The maximum atomic E-state index is 13.3. The summed E-state index contributed by atoms with van der Waals surface area (Å²) < 4.78 is 20.9. The molecule has 3 rings (SSSR count). The number of hydrogen-bond donors (Lipinski definition) is 1. The zero-order valence-electron chi connectivity index (χ0n) is 16.8. The summed E-state index contributed by atoms with van der Waals surface area (Å²) in [6.07, 6.45) is 6.78. The Labute approximate surface area is 170 Å². The standard InChI is InChI=1S/C23H26FN3O2/c1-3-4-5-16-29-20-12-8-18(9-13-20)23(28)26-21(22-25-14-15-27(22)2)17-6-10-19(24)11-7-17/h6-15,21H,3-5,16H2,1-2H3,(H,26,28). The van der Waals surface area contributed by atoms with Crippen LogP contribution >= 0.6 is 0 Å². The smallest absolute Gasteiger partial charge is 0.252 e. The summed E-state index contributed by atoms with van der Waals surface area (Å²) in [4.78, 5) is 17.2. The maximum absolute atomic E-state index is 13.3. The first kappa shape index (κ1) is 20.6. The number of halogens is 1. The van der Waals surface area contributed by atoms with Gasteiger partial charge in [0.15, 0.2) is 0 Å². The van der Waals surface area contributed by atoms with E-state index in [1.807, 2.05) is 17.8 Å². The molecular weight excluding hydrogens is 369 g/mol. The topological polar surface area (TPSA) is 56.1 Å². The molecule has 0 bridgehead atoms. The lowest BCUT2D eigenvalue weighted by molar-refractivity contribution is 0.0941. The highest BCUT2D eigenvalue weighted by Gasteiger charge is 2.21. The highest BCUT2D eigenvalue weighted by molar-refractivity contribution is 5.94. The molecular formula is C23H26FN3O2. The first-order chi connectivity index (χ1) is 14.1. The second-order valence-corrected chi connectivity index (χ2v) is 6.93. The van der Waals surface area contributed by atoms with Crippen molar-refractivity contribution < 1.29 is 13.9 Å². The van der Waals surface area contributed by atoms with Gasteiger partial charge in [-0.05, 0) is 48.4 Å². The van der Waals surface area contributed by atoms with Crippen molar-refractivity contribution in [2.75, 3.05) is 6.61 Å². The van der Waals surface area contributed by atoms with Crippen LogP contribution in [0, 0.1) is 5.82 Å². The van der Waals surface area contributed by atoms with Crippen LogP contribution in [0.5, 0.6) is 5.75 Å². The largest absolute Gasteiger partial charge is 0.494 e. The van der Waals surface area contributed by atoms with Gasteiger partial charge in [-0.1, -0.05) is 31.9 Å². The van der Waals surface area contributed by atoms with Crippen molar-refractivity contribution in [2.24, 2.45) is 7.05 Å². The van der Waals surface area contributed by atoms with Crippen molar-refractivity contribution in [3.8, 4) is 5.75 Å². The second kappa shape index (κ2) is 9.87. The number of nitrogens with one attached hydrogen (secondary N) is 1. The third-order valence-corrected chi connectivity index (χ3v) is 4.73. The van der Waals surface area contributed by atoms with Gasteiger partial charge >= 0.3 is 0 Å². The number of aryl methyl sites for hydroxylation is 1. The fraction of sp³-hybridized carbons (Fsp3) is 0.304. The van der Waals surface area contributed by atoms with Crippen molar-refractivity contribution in [2.45, 2.75) is 32.2 Å². The van der Waals surface area contributed by atoms with Crippen LogP contribution in [0.1, 0.15) is 54.0 Å². The highest BCUT2D eigenvalue weighted by Crippen LogP contribution is 2.22. The molecule has 152 valence electrons. The Morgan fingerprint density at radius 1 is 1.14 bits per heavy atom. The van der Waals surface area contributed by atoms with Crippen LogP contribution in [-0.2, 0) is 7.05 Å². The third kappa shape index (κ3) is 5.44. The van der Waals surface area contributed by atoms with Gasteiger partial charge in [-0.2, -0.15) is 0 Å². The van der Waals surface area contributed by atoms with Crippen LogP contribution < -0.4 is 10.1 Å². The lowest BCUT2D eigenvalue weighted by Gasteiger charge is -2.19. The first-order valence-corrected chi connectivity index (χ1v) is 9.85. The number of carbonyl (C=O) groups excluding carboxylic acids is 1. The molecule has 1 atom stereocenters. The van der Waals surface area contributed by atoms with Crippen LogP contribution in [0.25, 0.3) is 0 Å². The summed E-state index contributed by atoms with van der Waals surface area (Å²) in [5.74, 6) is 0.853. The average Bonchev–Trinajstić information content (AvgIpc) is 3.16. The summed E-state index contributed by atoms with van der Waals surface area (Å²) in [5.41, 5.74) is 1.28. The molecule has 1 amide bonds. The van der Waals surface area contributed by atoms with Gasteiger partial charge < -0.3 is 14.6 Å². The van der Waals surface area contributed by atoms with E-state index in [0.29, 0.717) is 18.0 Å². The monoisotopic (exact) mass is 395 g/mol. The van der Waals surface area contributed by atoms with Gasteiger partial charge in [-0.25, -0.2) is 9.37 Å². The number of benzene rings is 2. The van der Waals surface area contributed by atoms with E-state index in [0.717, 1.165) is 30.6 Å². The summed E-state index contributed by atoms with van der Waals surface area (Å²) in [6, 6.07) is 12.7. The summed E-state index contributed by atoms with van der Waals surface area (Å²) in [5, 5.41) is 3.01. The fourth-order valence-corrected chi connectivity index (χ4v) is 3.07. The number of carbonyl (C=O) groups is 1. The van der Waals surface area contributed by atoms with Crippen molar-refractivity contribution in [3.63, 3.8) is 0 Å². The summed E-state index contributed by atoms with van der Waals surface area (Å²) >= 11 is 0. The highest BCUT2D eigenvalue weighted by atomic mass is 19.1. The van der Waals surface area contributed by atoms with E-state index in [1.165, 1.54) is 12.1 Å². The molecule has 0 saturated heterocycles. The van der Waals surface area contributed by atoms with E-state index in [4.69, 9.17) is 4.74 Å². The van der Waals surface area contributed by atoms with Gasteiger partial charge in [0.05, 0.1) is 6.61 Å². The Hall–Kier alpha value is -3.15. The lowest BCUT2D eigenvalue weighted by Crippen LogP contribution is -2.31. The van der Waals surface area contributed by atoms with Crippen molar-refractivity contribution in [1.29, 1.82) is 0 Å². The number of nitrogens with zero attached hydrogens (tertiary/aromatic N) is 2. The van der Waals surface area contributed by atoms with Crippen LogP contribution in [0.2, 0.25) is 0 Å². The molecule has 0 radical (unpaired) electrons. The van der Waals surface area contributed by atoms with E-state index < -0.39 is 6.04 Å². The minimum atomic E-state index is -0.493. The Kier molecular flexibility index (Phi) is 7.00. The Bertz CT molecular complexity index is 920. The number of ether oxygens (including phenoxy) is 1. The molecule has 0 aliphatic heterocycles. The third-order valence-electron chi connectivity index (χ3n) is 4.73. The molecule has 29 heavy (non-hydrogen) atoms. The van der Waals surface area contributed by atoms with Crippen LogP contribution in [0.4, 0.5) is 4.39 Å². The molecule has 3 aromatic rings.